The molecular weight excluding hydrogens is 248 g/mol. The van der Waals surface area contributed by atoms with E-state index in [9.17, 15) is 9.59 Å². The minimum absolute atomic E-state index is 0.139. The van der Waals surface area contributed by atoms with Gasteiger partial charge in [0.05, 0.1) is 5.56 Å². The molecule has 0 saturated carbocycles. The number of nitrogens with zero attached hydrogens (tertiary/aromatic N) is 1. The number of hydrogen-bond acceptors (Lipinski definition) is 3. The zero-order chi connectivity index (χ0) is 14.3. The van der Waals surface area contributed by atoms with Gasteiger partial charge >= 0.3 is 12.0 Å². The summed E-state index contributed by atoms with van der Waals surface area (Å²) in [7, 11) is 3.28. The maximum atomic E-state index is 11.8. The number of amides is 2. The Bertz CT molecular complexity index is 448. The van der Waals surface area contributed by atoms with Crippen LogP contribution < -0.4 is 5.32 Å². The zero-order valence-corrected chi connectivity index (χ0v) is 11.0. The Balaban J connectivity index is 2.56. The summed E-state index contributed by atoms with van der Waals surface area (Å²) in [5.74, 6) is -1.02. The number of hydrogen-bond donors (Lipinski definition) is 2. The molecule has 0 unspecified atom stereocenters. The van der Waals surface area contributed by atoms with Crippen LogP contribution in [0.1, 0.15) is 16.8 Å². The number of carbonyl (C=O) groups excluding carboxylic acids is 1. The number of nitrogens with one attached hydrogen (secondary N) is 1. The lowest BCUT2D eigenvalue weighted by molar-refractivity contribution is 0.0697. The number of methoxy groups -OCH3 is 1. The minimum atomic E-state index is -1.02. The number of rotatable bonds is 6. The van der Waals surface area contributed by atoms with Crippen LogP contribution in [0.15, 0.2) is 24.3 Å². The summed E-state index contributed by atoms with van der Waals surface area (Å²) < 4.78 is 4.91. The van der Waals surface area contributed by atoms with E-state index in [1.54, 1.807) is 26.3 Å². The van der Waals surface area contributed by atoms with Gasteiger partial charge in [-0.3, -0.25) is 0 Å². The Morgan fingerprint density at radius 3 is 2.79 bits per heavy atom. The third-order valence-corrected chi connectivity index (χ3v) is 2.55. The van der Waals surface area contributed by atoms with Crippen molar-refractivity contribution in [3.63, 3.8) is 0 Å². The molecule has 0 atom stereocenters. The van der Waals surface area contributed by atoms with Crippen LogP contribution in [0.4, 0.5) is 10.5 Å². The normalized spacial score (nSPS) is 10.0. The molecule has 1 aromatic rings. The molecule has 2 N–H and O–H groups in total. The maximum Gasteiger partial charge on any atom is 0.335 e. The first-order chi connectivity index (χ1) is 9.04. The summed E-state index contributed by atoms with van der Waals surface area (Å²) in [6, 6.07) is 5.85. The smallest absolute Gasteiger partial charge is 0.335 e. The van der Waals surface area contributed by atoms with Crippen molar-refractivity contribution in [1.29, 1.82) is 0 Å². The lowest BCUT2D eigenvalue weighted by atomic mass is 10.2. The predicted octanol–water partition coefficient (Wildman–Crippen LogP) is 1.89. The molecule has 0 heterocycles. The van der Waals surface area contributed by atoms with Gasteiger partial charge in [0.25, 0.3) is 0 Å². The highest BCUT2D eigenvalue weighted by Gasteiger charge is 2.09. The van der Waals surface area contributed by atoms with Gasteiger partial charge in [-0.05, 0) is 24.6 Å². The summed E-state index contributed by atoms with van der Waals surface area (Å²) in [4.78, 5) is 24.1. The highest BCUT2D eigenvalue weighted by molar-refractivity contribution is 5.93. The highest BCUT2D eigenvalue weighted by atomic mass is 16.5. The van der Waals surface area contributed by atoms with Gasteiger partial charge in [0.15, 0.2) is 0 Å². The topological polar surface area (TPSA) is 78.9 Å². The van der Waals surface area contributed by atoms with Gasteiger partial charge in [-0.1, -0.05) is 6.07 Å². The monoisotopic (exact) mass is 266 g/mol. The molecule has 0 aliphatic rings. The molecule has 0 bridgehead atoms. The molecular formula is C13H18N2O4. The highest BCUT2D eigenvalue weighted by Crippen LogP contribution is 2.11. The number of benzene rings is 1. The lowest BCUT2D eigenvalue weighted by Gasteiger charge is -2.17. The Labute approximate surface area is 112 Å². The van der Waals surface area contributed by atoms with Crippen LogP contribution in [0.2, 0.25) is 0 Å². The van der Waals surface area contributed by atoms with Crippen LogP contribution >= 0.6 is 0 Å². The number of aromatic carboxylic acids is 1. The molecule has 6 nitrogen and oxygen atoms in total. The molecule has 1 rings (SSSR count). The molecule has 0 fully saturated rings. The number of urea groups is 1. The first kappa shape index (κ1) is 15.0. The molecule has 0 aliphatic carbocycles. The fraction of sp³-hybridized carbons (Fsp3) is 0.385. The van der Waals surface area contributed by atoms with E-state index in [0.717, 1.165) is 6.42 Å². The molecule has 0 spiro atoms. The summed E-state index contributed by atoms with van der Waals surface area (Å²) >= 11 is 0. The fourth-order valence-electron chi connectivity index (χ4n) is 1.50. The van der Waals surface area contributed by atoms with Crippen LogP contribution in [0.3, 0.4) is 0 Å². The Morgan fingerprint density at radius 1 is 1.42 bits per heavy atom. The van der Waals surface area contributed by atoms with E-state index in [1.165, 1.54) is 17.0 Å². The van der Waals surface area contributed by atoms with Gasteiger partial charge in [-0.25, -0.2) is 9.59 Å². The molecule has 0 aliphatic heterocycles. The van der Waals surface area contributed by atoms with Crippen molar-refractivity contribution in [3.8, 4) is 0 Å². The maximum absolute atomic E-state index is 11.8. The van der Waals surface area contributed by atoms with Crippen molar-refractivity contribution in [1.82, 2.24) is 4.90 Å². The Kier molecular flexibility index (Phi) is 5.81. The average Bonchev–Trinajstić information content (AvgIpc) is 2.39. The minimum Gasteiger partial charge on any atom is -0.478 e. The van der Waals surface area contributed by atoms with Crippen molar-refractivity contribution < 1.29 is 19.4 Å². The molecule has 6 heteroatoms. The zero-order valence-electron chi connectivity index (χ0n) is 11.0. The number of ether oxygens (including phenoxy) is 1. The van der Waals surface area contributed by atoms with Gasteiger partial charge in [-0.2, -0.15) is 0 Å². The van der Waals surface area contributed by atoms with E-state index < -0.39 is 5.97 Å². The quantitative estimate of drug-likeness (QED) is 0.771. The van der Waals surface area contributed by atoms with E-state index in [1.807, 2.05) is 0 Å². The third-order valence-electron chi connectivity index (χ3n) is 2.55. The van der Waals surface area contributed by atoms with Gasteiger partial charge in [0, 0.05) is 33.0 Å². The van der Waals surface area contributed by atoms with E-state index in [2.05, 4.69) is 5.32 Å². The molecule has 19 heavy (non-hydrogen) atoms. The number of carboxylic acids is 1. The van der Waals surface area contributed by atoms with E-state index in [4.69, 9.17) is 9.84 Å². The second-order valence-electron chi connectivity index (χ2n) is 4.08. The number of anilines is 1. The van der Waals surface area contributed by atoms with Crippen LogP contribution in [-0.2, 0) is 4.74 Å². The summed E-state index contributed by atoms with van der Waals surface area (Å²) in [5.41, 5.74) is 0.600. The lowest BCUT2D eigenvalue weighted by Crippen LogP contribution is -2.32. The largest absolute Gasteiger partial charge is 0.478 e. The van der Waals surface area contributed by atoms with Gasteiger partial charge in [0.1, 0.15) is 0 Å². The fourth-order valence-corrected chi connectivity index (χ4v) is 1.50. The van der Waals surface area contributed by atoms with Crippen molar-refractivity contribution in [2.75, 3.05) is 32.6 Å². The Hall–Kier alpha value is -2.08. The standard InChI is InChI=1S/C13H18N2O4/c1-15(7-4-8-19-2)13(18)14-11-6-3-5-10(9-11)12(16)17/h3,5-6,9H,4,7-8H2,1-2H3,(H,14,18)(H,16,17). The van der Waals surface area contributed by atoms with Crippen molar-refractivity contribution in [3.05, 3.63) is 29.8 Å². The van der Waals surface area contributed by atoms with Crippen LogP contribution in [0.5, 0.6) is 0 Å². The third kappa shape index (κ3) is 4.97. The average molecular weight is 266 g/mol. The summed E-state index contributed by atoms with van der Waals surface area (Å²) in [6.07, 6.45) is 0.746. The van der Waals surface area contributed by atoms with Crippen molar-refractivity contribution in [2.24, 2.45) is 0 Å². The molecule has 104 valence electrons. The van der Waals surface area contributed by atoms with E-state index in [0.29, 0.717) is 18.8 Å². The van der Waals surface area contributed by atoms with Crippen LogP contribution in [0.25, 0.3) is 0 Å². The molecule has 1 aromatic carbocycles. The summed E-state index contributed by atoms with van der Waals surface area (Å²) in [6.45, 7) is 1.16. The second kappa shape index (κ2) is 7.38. The second-order valence-corrected chi connectivity index (χ2v) is 4.08. The number of carboxylic acid groups (broad SMARTS) is 1. The van der Waals surface area contributed by atoms with Crippen LogP contribution in [-0.4, -0.2) is 49.3 Å². The first-order valence-corrected chi connectivity index (χ1v) is 5.89. The Morgan fingerprint density at radius 2 is 2.16 bits per heavy atom. The molecule has 0 aromatic heterocycles. The van der Waals surface area contributed by atoms with Crippen LogP contribution in [0, 0.1) is 0 Å². The van der Waals surface area contributed by atoms with E-state index >= 15 is 0 Å². The first-order valence-electron chi connectivity index (χ1n) is 5.89. The predicted molar refractivity (Wildman–Crippen MR) is 71.5 cm³/mol. The molecule has 2 amide bonds. The SMILES string of the molecule is COCCCN(C)C(=O)Nc1cccc(C(=O)O)c1. The van der Waals surface area contributed by atoms with E-state index in [-0.39, 0.29) is 11.6 Å². The molecule has 0 radical (unpaired) electrons. The summed E-state index contributed by atoms with van der Waals surface area (Å²) in [5, 5.41) is 11.5. The van der Waals surface area contributed by atoms with Gasteiger partial charge < -0.3 is 20.1 Å². The van der Waals surface area contributed by atoms with Crippen molar-refractivity contribution >= 4 is 17.7 Å². The van der Waals surface area contributed by atoms with Crippen molar-refractivity contribution in [2.45, 2.75) is 6.42 Å². The number of carbonyl (C=O) groups is 2. The van der Waals surface area contributed by atoms with Gasteiger partial charge in [-0.15, -0.1) is 0 Å². The molecule has 0 saturated heterocycles. The van der Waals surface area contributed by atoms with Gasteiger partial charge in [0.2, 0.25) is 0 Å².